The van der Waals surface area contributed by atoms with Crippen LogP contribution in [-0.4, -0.2) is 28.2 Å². The van der Waals surface area contributed by atoms with Crippen molar-refractivity contribution in [3.63, 3.8) is 0 Å². The summed E-state index contributed by atoms with van der Waals surface area (Å²) in [6, 6.07) is 0.315. The molecule has 0 aliphatic carbocycles. The number of nitrogens with zero attached hydrogens (tertiary/aromatic N) is 3. The summed E-state index contributed by atoms with van der Waals surface area (Å²) >= 11 is 1.51. The summed E-state index contributed by atoms with van der Waals surface area (Å²) in [5.74, 6) is 1.57. The molecule has 0 aliphatic heterocycles. The summed E-state index contributed by atoms with van der Waals surface area (Å²) in [6.07, 6.45) is 2.72. The number of thiazole rings is 1. The van der Waals surface area contributed by atoms with Gasteiger partial charge in [0.25, 0.3) is 0 Å². The summed E-state index contributed by atoms with van der Waals surface area (Å²) in [4.78, 5) is 9.39. The Kier molecular flexibility index (Phi) is 3.86. The van der Waals surface area contributed by atoms with Crippen LogP contribution in [0.25, 0.3) is 10.7 Å². The van der Waals surface area contributed by atoms with Crippen LogP contribution in [0.4, 0.5) is 0 Å². The molecule has 17 heavy (non-hydrogen) atoms. The third-order valence-electron chi connectivity index (χ3n) is 2.91. The maximum atomic E-state index is 5.34. The lowest BCUT2D eigenvalue weighted by molar-refractivity contribution is 0.322. The third kappa shape index (κ3) is 2.53. The van der Waals surface area contributed by atoms with Crippen LogP contribution in [0.5, 0.6) is 0 Å². The first-order valence-corrected chi connectivity index (χ1v) is 6.54. The molecule has 2 heterocycles. The number of nitrogens with one attached hydrogen (secondary N) is 1. The van der Waals surface area contributed by atoms with Crippen LogP contribution in [0.15, 0.2) is 16.2 Å². The van der Waals surface area contributed by atoms with Crippen molar-refractivity contribution in [3.8, 4) is 10.7 Å². The van der Waals surface area contributed by atoms with E-state index in [-0.39, 0.29) is 5.92 Å². The van der Waals surface area contributed by atoms with Crippen LogP contribution < -0.4 is 5.32 Å². The van der Waals surface area contributed by atoms with Gasteiger partial charge in [0.1, 0.15) is 0 Å². The van der Waals surface area contributed by atoms with E-state index in [1.807, 2.05) is 7.05 Å². The molecule has 0 aromatic carbocycles. The summed E-state index contributed by atoms with van der Waals surface area (Å²) in [5, 5.41) is 7.22. The molecule has 0 aliphatic rings. The highest BCUT2D eigenvalue weighted by Gasteiger charge is 2.23. The van der Waals surface area contributed by atoms with Gasteiger partial charge in [-0.1, -0.05) is 12.1 Å². The van der Waals surface area contributed by atoms with Gasteiger partial charge in [-0.3, -0.25) is 4.98 Å². The monoisotopic (exact) mass is 252 g/mol. The Morgan fingerprint density at radius 2 is 2.35 bits per heavy atom. The van der Waals surface area contributed by atoms with Crippen molar-refractivity contribution in [1.82, 2.24) is 20.4 Å². The van der Waals surface area contributed by atoms with Gasteiger partial charge >= 0.3 is 0 Å². The Bertz CT molecular complexity index is 454. The Morgan fingerprint density at radius 3 is 2.94 bits per heavy atom. The molecule has 0 amide bonds. The van der Waals surface area contributed by atoms with Crippen LogP contribution in [0.3, 0.4) is 0 Å². The molecule has 5 nitrogen and oxygen atoms in total. The molecular formula is C11H16N4OS. The van der Waals surface area contributed by atoms with E-state index in [9.17, 15) is 0 Å². The van der Waals surface area contributed by atoms with E-state index < -0.39 is 0 Å². The molecule has 1 N–H and O–H groups in total. The number of rotatable bonds is 5. The van der Waals surface area contributed by atoms with Crippen LogP contribution in [-0.2, 0) is 0 Å². The summed E-state index contributed by atoms with van der Waals surface area (Å²) < 4.78 is 5.34. The van der Waals surface area contributed by atoms with Crippen molar-refractivity contribution in [2.45, 2.75) is 32.2 Å². The van der Waals surface area contributed by atoms with Crippen molar-refractivity contribution < 1.29 is 4.52 Å². The molecule has 92 valence electrons. The van der Waals surface area contributed by atoms with Gasteiger partial charge in [0.15, 0.2) is 0 Å². The van der Waals surface area contributed by atoms with Crippen LogP contribution in [0, 0.1) is 0 Å². The molecule has 0 spiro atoms. The Balaban J connectivity index is 2.22. The predicted octanol–water partition coefficient (Wildman–Crippen LogP) is 2.29. The van der Waals surface area contributed by atoms with E-state index in [0.717, 1.165) is 11.3 Å². The zero-order valence-electron chi connectivity index (χ0n) is 10.2. The minimum Gasteiger partial charge on any atom is -0.339 e. The largest absolute Gasteiger partial charge is 0.339 e. The van der Waals surface area contributed by atoms with Crippen LogP contribution in [0.2, 0.25) is 0 Å². The van der Waals surface area contributed by atoms with E-state index in [2.05, 4.69) is 34.3 Å². The van der Waals surface area contributed by atoms with E-state index in [0.29, 0.717) is 17.8 Å². The fraction of sp³-hybridized carbons (Fsp3) is 0.545. The number of likely N-dealkylation sites (N-methyl/N-ethyl adjacent to an activating group) is 1. The molecule has 0 radical (unpaired) electrons. The Labute approximate surface area is 104 Å². The van der Waals surface area contributed by atoms with Gasteiger partial charge in [0.2, 0.25) is 11.7 Å². The van der Waals surface area contributed by atoms with Crippen LogP contribution in [0.1, 0.15) is 32.1 Å². The first kappa shape index (κ1) is 12.2. The zero-order chi connectivity index (χ0) is 12.3. The Hall–Kier alpha value is -1.27. The van der Waals surface area contributed by atoms with Gasteiger partial charge in [-0.15, -0.1) is 11.3 Å². The quantitative estimate of drug-likeness (QED) is 0.884. The predicted molar refractivity (Wildman–Crippen MR) is 67.0 cm³/mol. The molecule has 2 aromatic rings. The highest BCUT2D eigenvalue weighted by atomic mass is 32.1. The minimum atomic E-state index is 0.245. The van der Waals surface area contributed by atoms with Gasteiger partial charge in [-0.2, -0.15) is 4.98 Å². The van der Waals surface area contributed by atoms with Crippen molar-refractivity contribution in [3.05, 3.63) is 17.6 Å². The van der Waals surface area contributed by atoms with Gasteiger partial charge < -0.3 is 9.84 Å². The smallest absolute Gasteiger partial charge is 0.231 e. The summed E-state index contributed by atoms with van der Waals surface area (Å²) in [6.45, 7) is 4.24. The second-order valence-electron chi connectivity index (χ2n) is 3.91. The molecule has 2 aromatic heterocycles. The van der Waals surface area contributed by atoms with E-state index >= 15 is 0 Å². The summed E-state index contributed by atoms with van der Waals surface area (Å²) in [7, 11) is 1.94. The number of hydrogen-bond donors (Lipinski definition) is 1. The first-order valence-electron chi connectivity index (χ1n) is 5.66. The standard InChI is InChI=1S/C11H16N4OS/c1-4-8(7(2)12-3)11-14-10(15-16-11)9-5-13-6-17-9/h5-8,12H,4H2,1-3H3. The summed E-state index contributed by atoms with van der Waals surface area (Å²) in [5.41, 5.74) is 1.76. The third-order valence-corrected chi connectivity index (χ3v) is 3.68. The number of aromatic nitrogens is 3. The normalized spacial score (nSPS) is 14.8. The number of hydrogen-bond acceptors (Lipinski definition) is 6. The molecule has 2 atom stereocenters. The van der Waals surface area contributed by atoms with Crippen molar-refractivity contribution in [1.29, 1.82) is 0 Å². The molecular weight excluding hydrogens is 236 g/mol. The highest BCUT2D eigenvalue weighted by molar-refractivity contribution is 7.13. The molecule has 2 unspecified atom stereocenters. The fourth-order valence-electron chi connectivity index (χ4n) is 1.76. The Morgan fingerprint density at radius 1 is 1.53 bits per heavy atom. The van der Waals surface area contributed by atoms with Crippen molar-refractivity contribution in [2.24, 2.45) is 0 Å². The first-order chi connectivity index (χ1) is 8.26. The molecule has 0 saturated carbocycles. The van der Waals surface area contributed by atoms with E-state index in [1.54, 1.807) is 11.7 Å². The average Bonchev–Trinajstić information content (AvgIpc) is 2.99. The van der Waals surface area contributed by atoms with Crippen molar-refractivity contribution >= 4 is 11.3 Å². The van der Waals surface area contributed by atoms with Gasteiger partial charge in [-0.05, 0) is 20.4 Å². The highest BCUT2D eigenvalue weighted by Crippen LogP contribution is 2.25. The topological polar surface area (TPSA) is 63.8 Å². The fourth-order valence-corrected chi connectivity index (χ4v) is 2.30. The van der Waals surface area contributed by atoms with Gasteiger partial charge in [0.05, 0.1) is 16.3 Å². The zero-order valence-corrected chi connectivity index (χ0v) is 11.0. The maximum absolute atomic E-state index is 5.34. The average molecular weight is 252 g/mol. The second-order valence-corrected chi connectivity index (χ2v) is 4.80. The van der Waals surface area contributed by atoms with E-state index in [1.165, 1.54) is 11.3 Å². The van der Waals surface area contributed by atoms with Gasteiger partial charge in [0, 0.05) is 12.2 Å². The minimum absolute atomic E-state index is 0.245. The molecule has 0 saturated heterocycles. The maximum Gasteiger partial charge on any atom is 0.231 e. The molecule has 0 bridgehead atoms. The SMILES string of the molecule is CCC(c1nc(-c2cncs2)no1)C(C)NC. The van der Waals surface area contributed by atoms with Crippen LogP contribution >= 0.6 is 11.3 Å². The van der Waals surface area contributed by atoms with Crippen molar-refractivity contribution in [2.75, 3.05) is 7.05 Å². The molecule has 0 fully saturated rings. The molecule has 2 rings (SSSR count). The lowest BCUT2D eigenvalue weighted by Gasteiger charge is -2.17. The van der Waals surface area contributed by atoms with E-state index in [4.69, 9.17) is 4.52 Å². The lowest BCUT2D eigenvalue weighted by Crippen LogP contribution is -2.28. The second kappa shape index (κ2) is 5.37. The lowest BCUT2D eigenvalue weighted by atomic mass is 9.98. The molecule has 6 heteroatoms. The van der Waals surface area contributed by atoms with Gasteiger partial charge in [-0.25, -0.2) is 0 Å².